The van der Waals surface area contributed by atoms with Gasteiger partial charge in [-0.3, -0.25) is 0 Å². The molecule has 1 aromatic heterocycles. The average Bonchev–Trinajstić information content (AvgIpc) is 2.56. The first kappa shape index (κ1) is 18.1. The Kier molecular flexibility index (Phi) is 4.80. The lowest BCUT2D eigenvalue weighted by atomic mass is 10.2. The molecule has 3 rings (SSSR count). The molecule has 26 heavy (non-hydrogen) atoms. The minimum atomic E-state index is -3.74. The zero-order valence-corrected chi connectivity index (χ0v) is 15.5. The molecule has 0 radical (unpaired) electrons. The molecule has 0 bridgehead atoms. The summed E-state index contributed by atoms with van der Waals surface area (Å²) in [7, 11) is -3.74. The lowest BCUT2D eigenvalue weighted by molar-refractivity contribution is 0.245. The van der Waals surface area contributed by atoms with Crippen molar-refractivity contribution in [2.45, 2.75) is 31.8 Å². The van der Waals surface area contributed by atoms with Gasteiger partial charge in [0.1, 0.15) is 11.3 Å². The molecular formula is C18H20N4O3S. The Balaban J connectivity index is 1.96. The van der Waals surface area contributed by atoms with Crippen molar-refractivity contribution in [1.82, 2.24) is 9.97 Å². The molecule has 3 N–H and O–H groups in total. The molecule has 3 aromatic rings. The molecule has 8 heteroatoms. The van der Waals surface area contributed by atoms with Crippen molar-refractivity contribution in [3.05, 3.63) is 48.2 Å². The second-order valence-electron chi connectivity index (χ2n) is 6.20. The molecule has 0 spiro atoms. The number of benzene rings is 2. The molecule has 0 fully saturated rings. The predicted molar refractivity (Wildman–Crippen MR) is 101 cm³/mol. The Morgan fingerprint density at radius 3 is 2.62 bits per heavy atom. The summed E-state index contributed by atoms with van der Waals surface area (Å²) in [4.78, 5) is 8.92. The third-order valence-electron chi connectivity index (χ3n) is 3.71. The number of hydrogen-bond donors (Lipinski definition) is 2. The van der Waals surface area contributed by atoms with Crippen molar-refractivity contribution < 1.29 is 13.2 Å². The number of nitrogens with one attached hydrogen (secondary N) is 1. The number of ether oxygens (including phenoxy) is 1. The first-order chi connectivity index (χ1) is 12.2. The Morgan fingerprint density at radius 2 is 1.96 bits per heavy atom. The van der Waals surface area contributed by atoms with E-state index in [2.05, 4.69) is 15.3 Å². The molecule has 136 valence electrons. The maximum atomic E-state index is 11.4. The largest absolute Gasteiger partial charge is 0.489 e. The zero-order valence-electron chi connectivity index (χ0n) is 14.7. The summed E-state index contributed by atoms with van der Waals surface area (Å²) in [5, 5.41) is 9.14. The van der Waals surface area contributed by atoms with Crippen molar-refractivity contribution in [2.75, 3.05) is 5.32 Å². The molecule has 7 nitrogen and oxygen atoms in total. The minimum Gasteiger partial charge on any atom is -0.489 e. The molecule has 0 saturated heterocycles. The summed E-state index contributed by atoms with van der Waals surface area (Å²) in [5.41, 5.74) is 2.11. The fourth-order valence-electron chi connectivity index (χ4n) is 2.51. The van der Waals surface area contributed by atoms with Crippen molar-refractivity contribution in [2.24, 2.45) is 5.14 Å². The number of hydrogen-bond acceptors (Lipinski definition) is 6. The molecule has 0 unspecified atom stereocenters. The summed E-state index contributed by atoms with van der Waals surface area (Å²) >= 11 is 0. The van der Waals surface area contributed by atoms with E-state index in [0.717, 1.165) is 5.39 Å². The van der Waals surface area contributed by atoms with E-state index in [-0.39, 0.29) is 11.0 Å². The predicted octanol–water partition coefficient (Wildman–Crippen LogP) is 3.12. The number of aromatic nitrogens is 2. The summed E-state index contributed by atoms with van der Waals surface area (Å²) in [6.45, 7) is 5.69. The molecule has 1 heterocycles. The van der Waals surface area contributed by atoms with Gasteiger partial charge in [0.15, 0.2) is 0 Å². The first-order valence-electron chi connectivity index (χ1n) is 8.07. The molecule has 0 aliphatic rings. The van der Waals surface area contributed by atoms with Gasteiger partial charge < -0.3 is 10.1 Å². The average molecular weight is 372 g/mol. The molecule has 0 aliphatic heterocycles. The molecule has 0 aliphatic carbocycles. The quantitative estimate of drug-likeness (QED) is 0.712. The van der Waals surface area contributed by atoms with Crippen LogP contribution in [0.25, 0.3) is 10.9 Å². The number of rotatable bonds is 5. The van der Waals surface area contributed by atoms with Crippen LogP contribution in [0.3, 0.4) is 0 Å². The topological polar surface area (TPSA) is 107 Å². The molecular weight excluding hydrogens is 352 g/mol. The first-order valence-corrected chi connectivity index (χ1v) is 9.61. The Labute approximate surface area is 152 Å². The van der Waals surface area contributed by atoms with Crippen LogP contribution in [-0.4, -0.2) is 24.5 Å². The second kappa shape index (κ2) is 6.89. The molecule has 0 amide bonds. The SMILES string of the molecule is Cc1cc(S(N)(=O)=O)ccc1Nc1ncc2cccc(OC(C)C)c2n1. The lowest BCUT2D eigenvalue weighted by Gasteiger charge is -2.13. The zero-order chi connectivity index (χ0) is 18.9. The van der Waals surface area contributed by atoms with Gasteiger partial charge in [0.05, 0.1) is 11.0 Å². The minimum absolute atomic E-state index is 0.0278. The van der Waals surface area contributed by atoms with Crippen LogP contribution in [0, 0.1) is 6.92 Å². The maximum Gasteiger partial charge on any atom is 0.238 e. The third-order valence-corrected chi connectivity index (χ3v) is 4.62. The number of aryl methyl sites for hydroxylation is 1. The van der Waals surface area contributed by atoms with Gasteiger partial charge in [0, 0.05) is 17.3 Å². The lowest BCUT2D eigenvalue weighted by Crippen LogP contribution is -2.12. The maximum absolute atomic E-state index is 11.4. The number of nitrogens with two attached hydrogens (primary N) is 1. The van der Waals surface area contributed by atoms with E-state index in [1.165, 1.54) is 12.1 Å². The van der Waals surface area contributed by atoms with Gasteiger partial charge in [-0.15, -0.1) is 0 Å². The highest BCUT2D eigenvalue weighted by Gasteiger charge is 2.11. The van der Waals surface area contributed by atoms with E-state index in [1.54, 1.807) is 19.2 Å². The fourth-order valence-corrected chi connectivity index (χ4v) is 3.11. The second-order valence-corrected chi connectivity index (χ2v) is 7.76. The van der Waals surface area contributed by atoms with E-state index in [9.17, 15) is 8.42 Å². The van der Waals surface area contributed by atoms with Gasteiger partial charge in [-0.05, 0) is 50.6 Å². The third kappa shape index (κ3) is 3.92. The normalized spacial score (nSPS) is 11.7. The smallest absolute Gasteiger partial charge is 0.238 e. The van der Waals surface area contributed by atoms with Crippen molar-refractivity contribution in [3.8, 4) is 5.75 Å². The van der Waals surface area contributed by atoms with Crippen LogP contribution in [0.15, 0.2) is 47.5 Å². The molecule has 0 atom stereocenters. The number of anilines is 2. The Bertz CT molecular complexity index is 1070. The monoisotopic (exact) mass is 372 g/mol. The van der Waals surface area contributed by atoms with Gasteiger partial charge in [-0.25, -0.2) is 23.5 Å². The summed E-state index contributed by atoms with van der Waals surface area (Å²) in [6, 6.07) is 10.3. The Morgan fingerprint density at radius 1 is 1.19 bits per heavy atom. The summed E-state index contributed by atoms with van der Waals surface area (Å²) in [6.07, 6.45) is 1.74. The highest BCUT2D eigenvalue weighted by atomic mass is 32.2. The number of fused-ring (bicyclic) bond motifs is 1. The van der Waals surface area contributed by atoms with Crippen molar-refractivity contribution >= 4 is 32.6 Å². The number of sulfonamides is 1. The summed E-state index contributed by atoms with van der Waals surface area (Å²) in [5.74, 6) is 1.08. The van der Waals surface area contributed by atoms with Crippen molar-refractivity contribution in [3.63, 3.8) is 0 Å². The van der Waals surface area contributed by atoms with Crippen LogP contribution >= 0.6 is 0 Å². The van der Waals surface area contributed by atoms with Gasteiger partial charge >= 0.3 is 0 Å². The highest BCUT2D eigenvalue weighted by Crippen LogP contribution is 2.27. The molecule has 0 saturated carbocycles. The van der Waals surface area contributed by atoms with Gasteiger partial charge in [-0.2, -0.15) is 0 Å². The van der Waals surface area contributed by atoms with Crippen LogP contribution in [-0.2, 0) is 10.0 Å². The van der Waals surface area contributed by atoms with E-state index in [1.807, 2.05) is 32.0 Å². The van der Waals surface area contributed by atoms with Crippen LogP contribution < -0.4 is 15.2 Å². The molecule has 2 aromatic carbocycles. The van der Waals surface area contributed by atoms with E-state index < -0.39 is 10.0 Å². The van der Waals surface area contributed by atoms with Gasteiger partial charge in [0.25, 0.3) is 0 Å². The Hall–Kier alpha value is -2.71. The fraction of sp³-hybridized carbons (Fsp3) is 0.222. The van der Waals surface area contributed by atoms with Gasteiger partial charge in [-0.1, -0.05) is 12.1 Å². The highest BCUT2D eigenvalue weighted by molar-refractivity contribution is 7.89. The van der Waals surface area contributed by atoms with Gasteiger partial charge in [0.2, 0.25) is 16.0 Å². The van der Waals surface area contributed by atoms with Crippen molar-refractivity contribution in [1.29, 1.82) is 0 Å². The number of nitrogens with zero attached hydrogens (tertiary/aromatic N) is 2. The van der Waals surface area contributed by atoms with Crippen LogP contribution in [0.5, 0.6) is 5.75 Å². The van der Waals surface area contributed by atoms with E-state index in [0.29, 0.717) is 28.5 Å². The van der Waals surface area contributed by atoms with E-state index >= 15 is 0 Å². The standard InChI is InChI=1S/C18H20N4O3S/c1-11(2)25-16-6-4-5-13-10-20-18(22-17(13)16)21-15-8-7-14(9-12(15)3)26(19,23)24/h4-11H,1-3H3,(H2,19,23,24)(H,20,21,22). The van der Waals surface area contributed by atoms with Crippen LogP contribution in [0.1, 0.15) is 19.4 Å². The summed E-state index contributed by atoms with van der Waals surface area (Å²) < 4.78 is 28.7. The van der Waals surface area contributed by atoms with Crippen LogP contribution in [0.4, 0.5) is 11.6 Å². The van der Waals surface area contributed by atoms with E-state index in [4.69, 9.17) is 9.88 Å². The number of primary sulfonamides is 1. The van der Waals surface area contributed by atoms with Crippen LogP contribution in [0.2, 0.25) is 0 Å². The number of para-hydroxylation sites is 1.